The molecule has 0 aliphatic heterocycles. The van der Waals surface area contributed by atoms with Gasteiger partial charge in [0.05, 0.1) is 0 Å². The summed E-state index contributed by atoms with van der Waals surface area (Å²) in [6.45, 7) is 0. The van der Waals surface area contributed by atoms with Crippen LogP contribution in [0.2, 0.25) is 0 Å². The van der Waals surface area contributed by atoms with Gasteiger partial charge in [0, 0.05) is 20.8 Å². The van der Waals surface area contributed by atoms with Crippen LogP contribution in [0.1, 0.15) is 0 Å². The first kappa shape index (κ1) is 12.7. The average molecular weight is 377 g/mol. The third-order valence-electron chi connectivity index (χ3n) is 3.02. The predicted octanol–water partition coefficient (Wildman–Crippen LogP) is 5.87. The van der Waals surface area contributed by atoms with Crippen molar-refractivity contribution in [2.24, 2.45) is 0 Å². The summed E-state index contributed by atoms with van der Waals surface area (Å²) in [4.78, 5) is 3.33. The lowest BCUT2D eigenvalue weighted by atomic mass is 10.1. The lowest BCUT2D eigenvalue weighted by Gasteiger charge is -1.98. The van der Waals surface area contributed by atoms with E-state index in [0.29, 0.717) is 0 Å². The Hall–Kier alpha value is -1.32. The van der Waals surface area contributed by atoms with Crippen molar-refractivity contribution in [2.45, 2.75) is 0 Å². The number of halogens is 2. The fourth-order valence-corrected chi connectivity index (χ4v) is 2.53. The lowest BCUT2D eigenvalue weighted by molar-refractivity contribution is 1.40. The van der Waals surface area contributed by atoms with Crippen molar-refractivity contribution in [2.75, 3.05) is 0 Å². The van der Waals surface area contributed by atoms with E-state index in [0.717, 1.165) is 14.6 Å². The standard InChI is InChI=1S/C16H11Br2N/c17-14-5-1-11(2-6-14)13-9-16(19-10-13)12-3-7-15(18)8-4-12/h1-10,19H. The lowest BCUT2D eigenvalue weighted by Crippen LogP contribution is -1.75. The Kier molecular flexibility index (Phi) is 3.58. The minimum Gasteiger partial charge on any atom is -0.361 e. The predicted molar refractivity (Wildman–Crippen MR) is 87.1 cm³/mol. The van der Waals surface area contributed by atoms with E-state index in [4.69, 9.17) is 0 Å². The van der Waals surface area contributed by atoms with E-state index in [1.165, 1.54) is 16.7 Å². The van der Waals surface area contributed by atoms with Crippen LogP contribution in [-0.2, 0) is 0 Å². The molecule has 2 aromatic carbocycles. The summed E-state index contributed by atoms with van der Waals surface area (Å²) in [5.74, 6) is 0. The Morgan fingerprint density at radius 2 is 1.16 bits per heavy atom. The quantitative estimate of drug-likeness (QED) is 0.575. The summed E-state index contributed by atoms with van der Waals surface area (Å²) in [6, 6.07) is 18.8. The fraction of sp³-hybridized carbons (Fsp3) is 0. The maximum atomic E-state index is 3.45. The second-order valence-electron chi connectivity index (χ2n) is 4.32. The SMILES string of the molecule is Brc1ccc(-c2c[nH]c(-c3ccc(Br)cc3)c2)cc1. The van der Waals surface area contributed by atoms with Crippen LogP contribution in [0.15, 0.2) is 69.7 Å². The first-order valence-electron chi connectivity index (χ1n) is 5.93. The molecule has 0 saturated heterocycles. The van der Waals surface area contributed by atoms with Gasteiger partial charge in [-0.15, -0.1) is 0 Å². The number of aromatic nitrogens is 1. The average Bonchev–Trinajstić information content (AvgIpc) is 2.90. The van der Waals surface area contributed by atoms with E-state index in [1.54, 1.807) is 0 Å². The number of hydrogen-bond acceptors (Lipinski definition) is 0. The van der Waals surface area contributed by atoms with E-state index >= 15 is 0 Å². The summed E-state index contributed by atoms with van der Waals surface area (Å²) in [5, 5.41) is 0. The Bertz CT molecular complexity index is 622. The van der Waals surface area contributed by atoms with Crippen LogP contribution in [0.5, 0.6) is 0 Å². The van der Waals surface area contributed by atoms with Gasteiger partial charge in [0.25, 0.3) is 0 Å². The number of nitrogens with one attached hydrogen (secondary N) is 1. The molecule has 1 heterocycles. The molecule has 3 rings (SSSR count). The molecule has 1 N–H and O–H groups in total. The molecule has 1 aromatic heterocycles. The largest absolute Gasteiger partial charge is 0.361 e. The highest BCUT2D eigenvalue weighted by Crippen LogP contribution is 2.27. The van der Waals surface area contributed by atoms with E-state index < -0.39 is 0 Å². The third-order valence-corrected chi connectivity index (χ3v) is 4.07. The van der Waals surface area contributed by atoms with Gasteiger partial charge in [0.2, 0.25) is 0 Å². The number of H-pyrrole nitrogens is 1. The summed E-state index contributed by atoms with van der Waals surface area (Å²) in [6.07, 6.45) is 2.04. The number of rotatable bonds is 2. The highest BCUT2D eigenvalue weighted by Gasteiger charge is 2.04. The first-order valence-corrected chi connectivity index (χ1v) is 7.51. The van der Waals surface area contributed by atoms with Crippen molar-refractivity contribution >= 4 is 31.9 Å². The van der Waals surface area contributed by atoms with Crippen LogP contribution in [-0.4, -0.2) is 4.98 Å². The number of benzene rings is 2. The van der Waals surface area contributed by atoms with Crippen LogP contribution in [0, 0.1) is 0 Å². The summed E-state index contributed by atoms with van der Waals surface area (Å²) in [7, 11) is 0. The molecule has 0 amide bonds. The van der Waals surface area contributed by atoms with Crippen molar-refractivity contribution in [1.82, 2.24) is 4.98 Å². The van der Waals surface area contributed by atoms with Crippen LogP contribution in [0.4, 0.5) is 0 Å². The molecule has 0 atom stereocenters. The zero-order chi connectivity index (χ0) is 13.2. The second kappa shape index (κ2) is 5.35. The topological polar surface area (TPSA) is 15.8 Å². The fourth-order valence-electron chi connectivity index (χ4n) is 2.00. The van der Waals surface area contributed by atoms with Gasteiger partial charge < -0.3 is 4.98 Å². The van der Waals surface area contributed by atoms with Gasteiger partial charge in [0.15, 0.2) is 0 Å². The van der Waals surface area contributed by atoms with E-state index in [9.17, 15) is 0 Å². The van der Waals surface area contributed by atoms with Gasteiger partial charge in [0.1, 0.15) is 0 Å². The number of aromatic amines is 1. The molecule has 0 fully saturated rings. The van der Waals surface area contributed by atoms with Crippen molar-refractivity contribution in [3.8, 4) is 22.4 Å². The zero-order valence-electron chi connectivity index (χ0n) is 10.0. The normalized spacial score (nSPS) is 10.6. The molecule has 3 aromatic rings. The maximum Gasteiger partial charge on any atom is 0.0460 e. The number of hydrogen-bond donors (Lipinski definition) is 1. The molecule has 0 radical (unpaired) electrons. The van der Waals surface area contributed by atoms with Gasteiger partial charge in [-0.1, -0.05) is 56.1 Å². The third kappa shape index (κ3) is 2.82. The molecule has 94 valence electrons. The molecule has 0 spiro atoms. The molecule has 0 aliphatic carbocycles. The summed E-state index contributed by atoms with van der Waals surface area (Å²) in [5.41, 5.74) is 4.73. The molecular weight excluding hydrogens is 366 g/mol. The summed E-state index contributed by atoms with van der Waals surface area (Å²) < 4.78 is 2.19. The Balaban J connectivity index is 1.95. The molecule has 0 bridgehead atoms. The van der Waals surface area contributed by atoms with Crippen LogP contribution in [0.3, 0.4) is 0 Å². The van der Waals surface area contributed by atoms with Gasteiger partial charge >= 0.3 is 0 Å². The molecule has 1 nitrogen and oxygen atoms in total. The molecule has 0 unspecified atom stereocenters. The minimum atomic E-state index is 1.09. The first-order chi connectivity index (χ1) is 9.22. The van der Waals surface area contributed by atoms with E-state index in [1.807, 2.05) is 6.20 Å². The van der Waals surface area contributed by atoms with Crippen molar-refractivity contribution in [1.29, 1.82) is 0 Å². The zero-order valence-corrected chi connectivity index (χ0v) is 13.2. The van der Waals surface area contributed by atoms with Crippen LogP contribution in [0.25, 0.3) is 22.4 Å². The van der Waals surface area contributed by atoms with Crippen molar-refractivity contribution in [3.63, 3.8) is 0 Å². The highest BCUT2D eigenvalue weighted by atomic mass is 79.9. The van der Waals surface area contributed by atoms with Gasteiger partial charge in [-0.2, -0.15) is 0 Å². The van der Waals surface area contributed by atoms with Gasteiger partial charge in [-0.3, -0.25) is 0 Å². The maximum absolute atomic E-state index is 3.45. The van der Waals surface area contributed by atoms with Crippen LogP contribution >= 0.6 is 31.9 Å². The molecule has 19 heavy (non-hydrogen) atoms. The molecule has 0 aliphatic rings. The smallest absolute Gasteiger partial charge is 0.0460 e. The molecular formula is C16H11Br2N. The van der Waals surface area contributed by atoms with Gasteiger partial charge in [-0.25, -0.2) is 0 Å². The Labute approximate surface area is 128 Å². The van der Waals surface area contributed by atoms with E-state index in [-0.39, 0.29) is 0 Å². The minimum absolute atomic E-state index is 1.09. The van der Waals surface area contributed by atoms with Crippen LogP contribution < -0.4 is 0 Å². The van der Waals surface area contributed by atoms with E-state index in [2.05, 4.69) is 91.4 Å². The monoisotopic (exact) mass is 375 g/mol. The Morgan fingerprint density at radius 1 is 0.632 bits per heavy atom. The van der Waals surface area contributed by atoms with Gasteiger partial charge in [-0.05, 0) is 47.0 Å². The van der Waals surface area contributed by atoms with Crippen molar-refractivity contribution in [3.05, 3.63) is 69.7 Å². The molecule has 0 saturated carbocycles. The Morgan fingerprint density at radius 3 is 1.74 bits per heavy atom. The molecule has 3 heteroatoms. The highest BCUT2D eigenvalue weighted by molar-refractivity contribution is 9.10. The summed E-state index contributed by atoms with van der Waals surface area (Å²) >= 11 is 6.91. The van der Waals surface area contributed by atoms with Crippen molar-refractivity contribution < 1.29 is 0 Å². The second-order valence-corrected chi connectivity index (χ2v) is 6.15.